The van der Waals surface area contributed by atoms with Gasteiger partial charge in [0.2, 0.25) is 0 Å². The van der Waals surface area contributed by atoms with Gasteiger partial charge in [0.05, 0.1) is 0 Å². The summed E-state index contributed by atoms with van der Waals surface area (Å²) in [5, 5.41) is 0. The van der Waals surface area contributed by atoms with Crippen molar-refractivity contribution in [3.8, 4) is 0 Å². The zero-order valence-corrected chi connectivity index (χ0v) is 19.9. The van der Waals surface area contributed by atoms with Crippen molar-refractivity contribution >= 4 is 8.24 Å². The summed E-state index contributed by atoms with van der Waals surface area (Å²) in [6.07, 6.45) is 14.4. The molecule has 2 fully saturated rings. The molecule has 0 aromatic heterocycles. The number of rotatable bonds is 10. The predicted octanol–water partition coefficient (Wildman–Crippen LogP) is 6.57. The highest BCUT2D eigenvalue weighted by atomic mass is 28.3. The molecule has 0 spiro atoms. The summed E-state index contributed by atoms with van der Waals surface area (Å²) in [6.45, 7) is 17.3. The summed E-state index contributed by atoms with van der Waals surface area (Å²) in [5.41, 5.74) is 1.24. The third-order valence-electron chi connectivity index (χ3n) is 7.03. The molecule has 2 aliphatic rings. The quantitative estimate of drug-likeness (QED) is 0.340. The fraction of sp³-hybridized carbons (Fsp3) is 1.00. The second-order valence-corrected chi connectivity index (χ2v) is 15.0. The van der Waals surface area contributed by atoms with Crippen molar-refractivity contribution < 1.29 is 0 Å². The van der Waals surface area contributed by atoms with Gasteiger partial charge in [-0.1, -0.05) is 58.9 Å². The van der Waals surface area contributed by atoms with Gasteiger partial charge >= 0.3 is 0 Å². The molecule has 0 radical (unpaired) electrons. The first-order chi connectivity index (χ1) is 12.3. The molecule has 1 aliphatic heterocycles. The lowest BCUT2D eigenvalue weighted by Gasteiger charge is -2.43. The minimum atomic E-state index is -1.47. The fourth-order valence-electron chi connectivity index (χ4n) is 6.00. The lowest BCUT2D eigenvalue weighted by atomic mass is 9.99. The summed E-state index contributed by atoms with van der Waals surface area (Å²) >= 11 is 0. The number of nitrogens with zero attached hydrogens (tertiary/aromatic N) is 1. The second kappa shape index (κ2) is 10.1. The summed E-state index contributed by atoms with van der Waals surface area (Å²) in [7, 11) is -1.47. The van der Waals surface area contributed by atoms with Gasteiger partial charge in [0.15, 0.2) is 0 Å². The number of hydrogen-bond donors (Lipinski definition) is 1. The van der Waals surface area contributed by atoms with E-state index in [1.807, 2.05) is 0 Å². The molecule has 1 saturated carbocycles. The molecule has 2 nitrogen and oxygen atoms in total. The van der Waals surface area contributed by atoms with Crippen molar-refractivity contribution in [1.82, 2.24) is 9.88 Å². The molecule has 1 aliphatic carbocycles. The van der Waals surface area contributed by atoms with Crippen LogP contribution < -0.4 is 4.98 Å². The van der Waals surface area contributed by atoms with Crippen molar-refractivity contribution in [2.24, 2.45) is 5.92 Å². The van der Waals surface area contributed by atoms with Crippen LogP contribution in [0.3, 0.4) is 0 Å². The Kier molecular flexibility index (Phi) is 8.68. The van der Waals surface area contributed by atoms with E-state index in [-0.39, 0.29) is 5.54 Å². The Labute approximate surface area is 166 Å². The van der Waals surface area contributed by atoms with Crippen LogP contribution in [-0.2, 0) is 0 Å². The van der Waals surface area contributed by atoms with Gasteiger partial charge in [0.1, 0.15) is 8.24 Å². The summed E-state index contributed by atoms with van der Waals surface area (Å²) in [6, 6.07) is 2.37. The molecule has 3 unspecified atom stereocenters. The summed E-state index contributed by atoms with van der Waals surface area (Å²) < 4.78 is 0. The smallest absolute Gasteiger partial charge is 0.126 e. The number of unbranched alkanes of at least 4 members (excludes halogenated alkanes) is 3. The maximum Gasteiger partial charge on any atom is 0.126 e. The first-order valence-corrected chi connectivity index (χ1v) is 14.6. The fourth-order valence-corrected chi connectivity index (χ4v) is 11.6. The number of likely N-dealkylation sites (tertiary alicyclic amines) is 1. The van der Waals surface area contributed by atoms with E-state index in [9.17, 15) is 0 Å². The Bertz CT molecular complexity index is 400. The van der Waals surface area contributed by atoms with Gasteiger partial charge in [0.25, 0.3) is 0 Å². The van der Waals surface area contributed by atoms with Crippen LogP contribution >= 0.6 is 0 Å². The van der Waals surface area contributed by atoms with Crippen LogP contribution in [0, 0.1) is 5.92 Å². The number of hydrogen-bond acceptors (Lipinski definition) is 2. The van der Waals surface area contributed by atoms with E-state index in [0.717, 1.165) is 17.5 Å². The van der Waals surface area contributed by atoms with Crippen molar-refractivity contribution in [3.63, 3.8) is 0 Å². The lowest BCUT2D eigenvalue weighted by molar-refractivity contribution is 0.239. The van der Waals surface area contributed by atoms with E-state index in [1.165, 1.54) is 83.3 Å². The van der Waals surface area contributed by atoms with E-state index in [0.29, 0.717) is 0 Å². The molecule has 0 bridgehead atoms. The van der Waals surface area contributed by atoms with Gasteiger partial charge < -0.3 is 9.88 Å². The van der Waals surface area contributed by atoms with Crippen molar-refractivity contribution in [2.75, 3.05) is 13.1 Å². The van der Waals surface area contributed by atoms with E-state index >= 15 is 0 Å². The second-order valence-electron chi connectivity index (χ2n) is 10.6. The molecule has 1 heterocycles. The average molecular weight is 381 g/mol. The summed E-state index contributed by atoms with van der Waals surface area (Å²) in [5.74, 6) is 0.982. The Hall–Kier alpha value is 0.137. The van der Waals surface area contributed by atoms with Crippen molar-refractivity contribution in [3.05, 3.63) is 0 Å². The Morgan fingerprint density at radius 1 is 0.962 bits per heavy atom. The molecular formula is C23H48N2Si. The van der Waals surface area contributed by atoms with Crippen molar-refractivity contribution in [2.45, 2.75) is 129 Å². The van der Waals surface area contributed by atoms with Crippen LogP contribution in [0.1, 0.15) is 98.8 Å². The minimum Gasteiger partial charge on any atom is -0.332 e. The summed E-state index contributed by atoms with van der Waals surface area (Å²) in [4.78, 5) is 7.12. The largest absolute Gasteiger partial charge is 0.332 e. The van der Waals surface area contributed by atoms with Crippen LogP contribution in [0.15, 0.2) is 0 Å². The molecular weight excluding hydrogens is 332 g/mol. The standard InChI is InChI=1S/C23H48N2Si/c1-7-9-11-14-20-18-21(25-15-12-13-16-25)19-22(20)26(6,17-10-8-2)24-23(3,4)5/h20-22,24H,7-19H2,1-6H3/t20?,21?,22?,26-/m0/s1. The predicted molar refractivity (Wildman–Crippen MR) is 119 cm³/mol. The first-order valence-electron chi connectivity index (χ1n) is 11.8. The van der Waals surface area contributed by atoms with Crippen molar-refractivity contribution in [1.29, 1.82) is 0 Å². The van der Waals surface area contributed by atoms with Crippen LogP contribution in [-0.4, -0.2) is 37.8 Å². The van der Waals surface area contributed by atoms with Crippen LogP contribution in [0.5, 0.6) is 0 Å². The Morgan fingerprint density at radius 2 is 1.62 bits per heavy atom. The zero-order valence-electron chi connectivity index (χ0n) is 18.9. The van der Waals surface area contributed by atoms with Gasteiger partial charge in [-0.2, -0.15) is 0 Å². The zero-order chi connectivity index (χ0) is 19.2. The van der Waals surface area contributed by atoms with Gasteiger partial charge in [-0.05, 0) is 77.0 Å². The van der Waals surface area contributed by atoms with Gasteiger partial charge in [-0.3, -0.25) is 0 Å². The molecule has 3 heteroatoms. The van der Waals surface area contributed by atoms with E-state index in [1.54, 1.807) is 0 Å². The highest BCUT2D eigenvalue weighted by molar-refractivity contribution is 6.78. The van der Waals surface area contributed by atoms with Crippen LogP contribution in [0.4, 0.5) is 0 Å². The lowest BCUT2D eigenvalue weighted by Crippen LogP contribution is -2.59. The van der Waals surface area contributed by atoms with Gasteiger partial charge in [-0.25, -0.2) is 0 Å². The van der Waals surface area contributed by atoms with E-state index < -0.39 is 8.24 Å². The minimum absolute atomic E-state index is 0.258. The molecule has 0 amide bonds. The third-order valence-corrected chi connectivity index (χ3v) is 12.1. The molecule has 26 heavy (non-hydrogen) atoms. The SMILES string of the molecule is CCCCCC1CC(N2CCCC2)CC1[Si@](C)(CCCC)NC(C)(C)C. The molecule has 154 valence electrons. The normalized spacial score (nSPS) is 30.0. The van der Waals surface area contributed by atoms with Gasteiger partial charge in [0, 0.05) is 11.6 Å². The average Bonchev–Trinajstić information content (AvgIpc) is 3.21. The third kappa shape index (κ3) is 6.34. The molecule has 2 rings (SSSR count). The highest BCUT2D eigenvalue weighted by Gasteiger charge is 2.48. The maximum atomic E-state index is 4.26. The molecule has 0 aromatic rings. The monoisotopic (exact) mass is 380 g/mol. The maximum absolute atomic E-state index is 4.26. The topological polar surface area (TPSA) is 15.3 Å². The molecule has 4 atom stereocenters. The first kappa shape index (κ1) is 22.4. The number of nitrogens with one attached hydrogen (secondary N) is 1. The molecule has 1 N–H and O–H groups in total. The molecule has 1 saturated heterocycles. The van der Waals surface area contributed by atoms with Crippen LogP contribution in [0.2, 0.25) is 18.1 Å². The van der Waals surface area contributed by atoms with Crippen LogP contribution in [0.25, 0.3) is 0 Å². The van der Waals surface area contributed by atoms with E-state index in [2.05, 4.69) is 51.0 Å². The van der Waals surface area contributed by atoms with E-state index in [4.69, 9.17) is 0 Å². The highest BCUT2D eigenvalue weighted by Crippen LogP contribution is 2.49. The molecule has 0 aromatic carbocycles. The Morgan fingerprint density at radius 3 is 2.19 bits per heavy atom. The van der Waals surface area contributed by atoms with Gasteiger partial charge in [-0.15, -0.1) is 0 Å². The Balaban J connectivity index is 2.15.